The van der Waals surface area contributed by atoms with Crippen molar-refractivity contribution in [3.8, 4) is 0 Å². The maximum Gasteiger partial charge on any atom is 0.335 e. The molecule has 1 aromatic carbocycles. The normalized spacial score (nSPS) is 17.5. The monoisotopic (exact) mass is 301 g/mol. The Morgan fingerprint density at radius 1 is 1.45 bits per heavy atom. The van der Waals surface area contributed by atoms with Gasteiger partial charge in [0.1, 0.15) is 10.7 Å². The quantitative estimate of drug-likeness (QED) is 0.871. The van der Waals surface area contributed by atoms with Crippen LogP contribution in [-0.2, 0) is 10.0 Å². The first kappa shape index (κ1) is 14.9. The largest absolute Gasteiger partial charge is 0.478 e. The smallest absolute Gasteiger partial charge is 0.335 e. The lowest BCUT2D eigenvalue weighted by Gasteiger charge is -2.31. The van der Waals surface area contributed by atoms with Gasteiger partial charge < -0.3 is 5.11 Å². The fourth-order valence-electron chi connectivity index (χ4n) is 2.19. The Labute approximate surface area is 116 Å². The summed E-state index contributed by atoms with van der Waals surface area (Å²) in [5.74, 6) is -1.99. The third kappa shape index (κ3) is 2.99. The first-order chi connectivity index (χ1) is 9.31. The summed E-state index contributed by atoms with van der Waals surface area (Å²) in [5, 5.41) is 8.85. The highest BCUT2D eigenvalue weighted by Gasteiger charge is 2.29. The summed E-state index contributed by atoms with van der Waals surface area (Å²) < 4.78 is 40.4. The van der Waals surface area contributed by atoms with E-state index >= 15 is 0 Å². The molecule has 1 saturated carbocycles. The SMILES string of the molecule is CC(NS(=O)(=O)c1cc(C(=O)O)ccc1F)C1CCC1. The third-order valence-corrected chi connectivity index (χ3v) is 5.24. The van der Waals surface area contributed by atoms with Crippen molar-refractivity contribution in [1.29, 1.82) is 0 Å². The van der Waals surface area contributed by atoms with Crippen LogP contribution in [0.25, 0.3) is 0 Å². The Kier molecular flexibility index (Phi) is 4.10. The van der Waals surface area contributed by atoms with Gasteiger partial charge in [-0.15, -0.1) is 0 Å². The summed E-state index contributed by atoms with van der Waals surface area (Å²) in [6, 6.07) is 2.44. The molecule has 0 saturated heterocycles. The highest BCUT2D eigenvalue weighted by molar-refractivity contribution is 7.89. The number of hydrogen-bond acceptors (Lipinski definition) is 3. The van der Waals surface area contributed by atoms with Crippen LogP contribution in [0.5, 0.6) is 0 Å². The van der Waals surface area contributed by atoms with E-state index in [4.69, 9.17) is 5.11 Å². The van der Waals surface area contributed by atoms with Crippen molar-refractivity contribution in [3.63, 3.8) is 0 Å². The molecule has 0 amide bonds. The molecule has 20 heavy (non-hydrogen) atoms. The first-order valence-electron chi connectivity index (χ1n) is 6.36. The number of aromatic carboxylic acids is 1. The van der Waals surface area contributed by atoms with Gasteiger partial charge in [-0.05, 0) is 43.9 Å². The van der Waals surface area contributed by atoms with E-state index in [2.05, 4.69) is 4.72 Å². The molecule has 1 aliphatic carbocycles. The third-order valence-electron chi connectivity index (χ3n) is 3.67. The van der Waals surface area contributed by atoms with E-state index in [9.17, 15) is 17.6 Å². The van der Waals surface area contributed by atoms with E-state index in [0.29, 0.717) is 0 Å². The molecule has 0 bridgehead atoms. The molecule has 0 radical (unpaired) electrons. The summed E-state index contributed by atoms with van der Waals surface area (Å²) in [7, 11) is -4.06. The van der Waals surface area contributed by atoms with Crippen LogP contribution in [0.4, 0.5) is 4.39 Å². The van der Waals surface area contributed by atoms with Crippen LogP contribution >= 0.6 is 0 Å². The average molecular weight is 301 g/mol. The molecule has 1 fully saturated rings. The summed E-state index contributed by atoms with van der Waals surface area (Å²) in [6.45, 7) is 1.74. The minimum Gasteiger partial charge on any atom is -0.478 e. The number of rotatable bonds is 5. The first-order valence-corrected chi connectivity index (χ1v) is 7.85. The predicted molar refractivity (Wildman–Crippen MR) is 70.5 cm³/mol. The zero-order chi connectivity index (χ0) is 14.9. The fourth-order valence-corrected chi connectivity index (χ4v) is 3.60. The molecule has 1 aliphatic rings. The number of sulfonamides is 1. The van der Waals surface area contributed by atoms with Crippen LogP contribution in [0, 0.1) is 11.7 Å². The highest BCUT2D eigenvalue weighted by Crippen LogP contribution is 2.30. The number of benzene rings is 1. The second-order valence-electron chi connectivity index (χ2n) is 5.05. The second-order valence-corrected chi connectivity index (χ2v) is 6.73. The Bertz CT molecular complexity index is 625. The lowest BCUT2D eigenvalue weighted by atomic mass is 9.81. The van der Waals surface area contributed by atoms with Gasteiger partial charge in [-0.2, -0.15) is 0 Å². The van der Waals surface area contributed by atoms with Crippen LogP contribution < -0.4 is 4.72 Å². The van der Waals surface area contributed by atoms with Crippen molar-refractivity contribution in [2.45, 2.75) is 37.1 Å². The number of nitrogens with one attached hydrogen (secondary N) is 1. The van der Waals surface area contributed by atoms with Gasteiger partial charge in [0, 0.05) is 6.04 Å². The highest BCUT2D eigenvalue weighted by atomic mass is 32.2. The van der Waals surface area contributed by atoms with E-state index in [1.165, 1.54) is 0 Å². The molecule has 0 spiro atoms. The number of carboxylic acids is 1. The Balaban J connectivity index is 2.28. The van der Waals surface area contributed by atoms with Crippen molar-refractivity contribution >= 4 is 16.0 Å². The number of carbonyl (C=O) groups is 1. The molecule has 110 valence electrons. The van der Waals surface area contributed by atoms with Crippen LogP contribution in [0.15, 0.2) is 23.1 Å². The summed E-state index contributed by atoms with van der Waals surface area (Å²) in [5.41, 5.74) is -0.261. The predicted octanol–water partition coefficient (Wildman–Crippen LogP) is 1.99. The average Bonchev–Trinajstić information content (AvgIpc) is 2.25. The van der Waals surface area contributed by atoms with Gasteiger partial charge >= 0.3 is 5.97 Å². The molecule has 2 N–H and O–H groups in total. The maximum atomic E-state index is 13.7. The van der Waals surface area contributed by atoms with E-state index in [1.807, 2.05) is 0 Å². The van der Waals surface area contributed by atoms with Gasteiger partial charge in [0.25, 0.3) is 0 Å². The number of hydrogen-bond donors (Lipinski definition) is 2. The van der Waals surface area contributed by atoms with Gasteiger partial charge in [0.15, 0.2) is 0 Å². The minimum absolute atomic E-state index is 0.260. The van der Waals surface area contributed by atoms with Gasteiger partial charge in [0.2, 0.25) is 10.0 Å². The summed E-state index contributed by atoms with van der Waals surface area (Å²) in [6.07, 6.45) is 2.96. The maximum absolute atomic E-state index is 13.7. The fraction of sp³-hybridized carbons (Fsp3) is 0.462. The van der Waals surface area contributed by atoms with Crippen molar-refractivity contribution in [3.05, 3.63) is 29.6 Å². The van der Waals surface area contributed by atoms with Crippen molar-refractivity contribution < 1.29 is 22.7 Å². The van der Waals surface area contributed by atoms with E-state index in [-0.39, 0.29) is 17.5 Å². The van der Waals surface area contributed by atoms with Gasteiger partial charge in [-0.1, -0.05) is 6.42 Å². The molecule has 1 atom stereocenters. The lowest BCUT2D eigenvalue weighted by Crippen LogP contribution is -2.40. The Morgan fingerprint density at radius 3 is 2.60 bits per heavy atom. The van der Waals surface area contributed by atoms with E-state index < -0.39 is 26.7 Å². The molecule has 0 heterocycles. The number of carboxylic acid groups (broad SMARTS) is 1. The topological polar surface area (TPSA) is 83.5 Å². The van der Waals surface area contributed by atoms with Gasteiger partial charge in [0.05, 0.1) is 5.56 Å². The zero-order valence-corrected chi connectivity index (χ0v) is 11.8. The lowest BCUT2D eigenvalue weighted by molar-refractivity contribution is 0.0696. The van der Waals surface area contributed by atoms with E-state index in [0.717, 1.165) is 37.5 Å². The van der Waals surface area contributed by atoms with Gasteiger partial charge in [-0.25, -0.2) is 22.3 Å². The molecule has 1 aromatic rings. The van der Waals surface area contributed by atoms with Crippen LogP contribution in [0.2, 0.25) is 0 Å². The molecular weight excluding hydrogens is 285 g/mol. The number of halogens is 1. The standard InChI is InChI=1S/C13H16FNO4S/c1-8(9-3-2-4-9)15-20(18,19)12-7-10(13(16)17)5-6-11(12)14/h5-9,15H,2-4H2,1H3,(H,16,17). The van der Waals surface area contributed by atoms with Crippen LogP contribution in [-0.4, -0.2) is 25.5 Å². The summed E-state index contributed by atoms with van der Waals surface area (Å²) >= 11 is 0. The van der Waals surface area contributed by atoms with Crippen molar-refractivity contribution in [2.24, 2.45) is 5.92 Å². The molecule has 0 aliphatic heterocycles. The Morgan fingerprint density at radius 2 is 2.10 bits per heavy atom. The molecule has 0 aromatic heterocycles. The molecular formula is C13H16FNO4S. The zero-order valence-electron chi connectivity index (χ0n) is 11.0. The molecule has 2 rings (SSSR count). The van der Waals surface area contributed by atoms with Crippen molar-refractivity contribution in [2.75, 3.05) is 0 Å². The van der Waals surface area contributed by atoms with Crippen LogP contribution in [0.1, 0.15) is 36.5 Å². The minimum atomic E-state index is -4.06. The molecule has 1 unspecified atom stereocenters. The van der Waals surface area contributed by atoms with Crippen molar-refractivity contribution in [1.82, 2.24) is 4.72 Å². The second kappa shape index (κ2) is 5.49. The van der Waals surface area contributed by atoms with E-state index in [1.54, 1.807) is 6.92 Å². The molecule has 5 nitrogen and oxygen atoms in total. The van der Waals surface area contributed by atoms with Crippen LogP contribution in [0.3, 0.4) is 0 Å². The Hall–Kier alpha value is -1.47. The van der Waals surface area contributed by atoms with Gasteiger partial charge in [-0.3, -0.25) is 0 Å². The summed E-state index contributed by atoms with van der Waals surface area (Å²) in [4.78, 5) is 10.2. The molecule has 7 heteroatoms.